The predicted molar refractivity (Wildman–Crippen MR) is 121 cm³/mol. The van der Waals surface area contributed by atoms with Crippen molar-refractivity contribution >= 4 is 28.9 Å². The third kappa shape index (κ3) is 4.62. The summed E-state index contributed by atoms with van der Waals surface area (Å²) in [6, 6.07) is 15.7. The molecule has 1 aliphatic heterocycles. The topological polar surface area (TPSA) is 53.9 Å². The number of rotatable bonds is 5. The first-order chi connectivity index (χ1) is 14.7. The lowest BCUT2D eigenvalue weighted by Crippen LogP contribution is -2.38. The van der Waals surface area contributed by atoms with E-state index in [0.717, 1.165) is 29.8 Å². The molecule has 0 bridgehead atoms. The maximum atomic E-state index is 13.0. The molecule has 2 aromatic rings. The quantitative estimate of drug-likeness (QED) is 0.644. The molecule has 0 aromatic heterocycles. The van der Waals surface area contributed by atoms with Crippen molar-refractivity contribution in [2.45, 2.75) is 57.0 Å². The van der Waals surface area contributed by atoms with Gasteiger partial charge < -0.3 is 10.1 Å². The number of carbonyl (C=O) groups excluding carboxylic acids is 1. The number of hydrogen-bond acceptors (Lipinski definition) is 4. The van der Waals surface area contributed by atoms with E-state index in [1.165, 1.54) is 25.7 Å². The van der Waals surface area contributed by atoms with E-state index >= 15 is 0 Å². The number of benzene rings is 2. The van der Waals surface area contributed by atoms with E-state index in [4.69, 9.17) is 21.4 Å². The summed E-state index contributed by atoms with van der Waals surface area (Å²) in [6.07, 6.45) is 7.51. The van der Waals surface area contributed by atoms with Crippen LogP contribution >= 0.6 is 11.6 Å². The predicted octanol–water partition coefficient (Wildman–Crippen LogP) is 5.50. The van der Waals surface area contributed by atoms with Crippen molar-refractivity contribution in [3.8, 4) is 5.75 Å². The van der Waals surface area contributed by atoms with E-state index in [1.54, 1.807) is 7.11 Å². The highest BCUT2D eigenvalue weighted by molar-refractivity contribution is 6.40. The second kappa shape index (κ2) is 9.52. The molecule has 1 fully saturated rings. The molecular formula is C24H28ClN3O2. The third-order valence-corrected chi connectivity index (χ3v) is 6.28. The van der Waals surface area contributed by atoms with Crippen molar-refractivity contribution in [2.24, 2.45) is 5.10 Å². The van der Waals surface area contributed by atoms with Crippen LogP contribution in [0.4, 0.5) is 5.69 Å². The van der Waals surface area contributed by atoms with Crippen molar-refractivity contribution < 1.29 is 9.53 Å². The van der Waals surface area contributed by atoms with Crippen LogP contribution in [0.25, 0.3) is 0 Å². The Morgan fingerprint density at radius 1 is 1.07 bits per heavy atom. The summed E-state index contributed by atoms with van der Waals surface area (Å²) in [4.78, 5) is 13.0. The van der Waals surface area contributed by atoms with Gasteiger partial charge >= 0.3 is 0 Å². The van der Waals surface area contributed by atoms with Crippen molar-refractivity contribution in [3.63, 3.8) is 0 Å². The van der Waals surface area contributed by atoms with Gasteiger partial charge in [-0.2, -0.15) is 5.10 Å². The molecular weight excluding hydrogens is 398 g/mol. The standard InChI is InChI=1S/C24H28ClN3O2/c1-30-19-14-12-17(13-15-19)23-16-21(24(29)26-18-8-4-2-3-5-9-18)27-28(23)22-11-7-6-10-20(22)25/h6-7,10-15,18,23H,2-5,8-9,16H2,1H3,(H,26,29). The Morgan fingerprint density at radius 3 is 2.43 bits per heavy atom. The minimum absolute atomic E-state index is 0.0602. The van der Waals surface area contributed by atoms with E-state index in [0.29, 0.717) is 17.2 Å². The molecule has 1 atom stereocenters. The van der Waals surface area contributed by atoms with Crippen LogP contribution in [-0.4, -0.2) is 24.8 Å². The largest absolute Gasteiger partial charge is 0.497 e. The molecule has 0 radical (unpaired) electrons. The summed E-state index contributed by atoms with van der Waals surface area (Å²) in [5.74, 6) is 0.739. The molecule has 2 aliphatic rings. The van der Waals surface area contributed by atoms with Gasteiger partial charge in [0.25, 0.3) is 5.91 Å². The fourth-order valence-electron chi connectivity index (χ4n) is 4.29. The van der Waals surface area contributed by atoms with Crippen LogP contribution in [0.3, 0.4) is 0 Å². The minimum Gasteiger partial charge on any atom is -0.497 e. The molecule has 158 valence electrons. The van der Waals surface area contributed by atoms with Gasteiger partial charge in [0.1, 0.15) is 11.5 Å². The molecule has 1 aliphatic carbocycles. The average Bonchev–Trinajstić information content (AvgIpc) is 3.05. The van der Waals surface area contributed by atoms with Gasteiger partial charge in [0, 0.05) is 12.5 Å². The highest BCUT2D eigenvalue weighted by Gasteiger charge is 2.34. The number of nitrogens with one attached hydrogen (secondary N) is 1. The Morgan fingerprint density at radius 2 is 1.77 bits per heavy atom. The highest BCUT2D eigenvalue weighted by atomic mass is 35.5. The fourth-order valence-corrected chi connectivity index (χ4v) is 4.51. The number of methoxy groups -OCH3 is 1. The number of anilines is 1. The maximum Gasteiger partial charge on any atom is 0.267 e. The molecule has 30 heavy (non-hydrogen) atoms. The molecule has 0 saturated heterocycles. The first-order valence-corrected chi connectivity index (χ1v) is 11.1. The fraction of sp³-hybridized carbons (Fsp3) is 0.417. The summed E-state index contributed by atoms with van der Waals surface area (Å²) in [5, 5.41) is 10.5. The SMILES string of the molecule is COc1ccc(C2CC(C(=O)NC3CCCCCC3)=NN2c2ccccc2Cl)cc1. The number of halogens is 1. The van der Waals surface area contributed by atoms with Crippen LogP contribution in [0.2, 0.25) is 5.02 Å². The number of para-hydroxylation sites is 1. The average molecular weight is 426 g/mol. The molecule has 0 spiro atoms. The molecule has 1 heterocycles. The van der Waals surface area contributed by atoms with Crippen molar-refractivity contribution in [1.29, 1.82) is 0 Å². The van der Waals surface area contributed by atoms with Gasteiger partial charge in [-0.15, -0.1) is 0 Å². The summed E-state index contributed by atoms with van der Waals surface area (Å²) < 4.78 is 5.29. The van der Waals surface area contributed by atoms with E-state index in [1.807, 2.05) is 53.5 Å². The molecule has 1 N–H and O–H groups in total. The molecule has 2 aromatic carbocycles. The van der Waals surface area contributed by atoms with Crippen LogP contribution in [0.5, 0.6) is 5.75 Å². The molecule has 1 amide bonds. The third-order valence-electron chi connectivity index (χ3n) is 5.96. The van der Waals surface area contributed by atoms with E-state index in [-0.39, 0.29) is 18.0 Å². The van der Waals surface area contributed by atoms with Crippen molar-refractivity contribution in [3.05, 3.63) is 59.1 Å². The maximum absolute atomic E-state index is 13.0. The Bertz CT molecular complexity index is 905. The van der Waals surface area contributed by atoms with Crippen LogP contribution in [0.1, 0.15) is 56.6 Å². The number of hydrogen-bond donors (Lipinski definition) is 1. The highest BCUT2D eigenvalue weighted by Crippen LogP contribution is 2.39. The van der Waals surface area contributed by atoms with E-state index < -0.39 is 0 Å². The number of amides is 1. The van der Waals surface area contributed by atoms with Crippen LogP contribution in [0, 0.1) is 0 Å². The first-order valence-electron chi connectivity index (χ1n) is 10.7. The molecule has 1 saturated carbocycles. The lowest BCUT2D eigenvalue weighted by molar-refractivity contribution is -0.115. The molecule has 5 nitrogen and oxygen atoms in total. The summed E-state index contributed by atoms with van der Waals surface area (Å²) in [5.41, 5.74) is 2.42. The molecule has 4 rings (SSSR count). The minimum atomic E-state index is -0.0920. The summed E-state index contributed by atoms with van der Waals surface area (Å²) >= 11 is 6.47. The van der Waals surface area contributed by atoms with Crippen molar-refractivity contribution in [2.75, 3.05) is 12.1 Å². The zero-order valence-corrected chi connectivity index (χ0v) is 18.1. The zero-order valence-electron chi connectivity index (χ0n) is 17.3. The van der Waals surface area contributed by atoms with Gasteiger partial charge in [0.2, 0.25) is 0 Å². The number of nitrogens with zero attached hydrogens (tertiary/aromatic N) is 2. The van der Waals surface area contributed by atoms with Crippen LogP contribution in [0.15, 0.2) is 53.6 Å². The van der Waals surface area contributed by atoms with Gasteiger partial charge in [0.05, 0.1) is 23.9 Å². The van der Waals surface area contributed by atoms with Crippen molar-refractivity contribution in [1.82, 2.24) is 5.32 Å². The number of hydrazone groups is 1. The zero-order chi connectivity index (χ0) is 20.9. The molecule has 6 heteroatoms. The van der Waals surface area contributed by atoms with E-state index in [9.17, 15) is 4.79 Å². The lowest BCUT2D eigenvalue weighted by atomic mass is 10.0. The smallest absolute Gasteiger partial charge is 0.267 e. The summed E-state index contributed by atoms with van der Waals surface area (Å²) in [6.45, 7) is 0. The normalized spacial score (nSPS) is 19.9. The number of carbonyl (C=O) groups is 1. The first kappa shape index (κ1) is 20.7. The monoisotopic (exact) mass is 425 g/mol. The van der Waals surface area contributed by atoms with Crippen LogP contribution < -0.4 is 15.1 Å². The number of ether oxygens (including phenoxy) is 1. The van der Waals surface area contributed by atoms with Crippen LogP contribution in [-0.2, 0) is 4.79 Å². The Hall–Kier alpha value is -2.53. The van der Waals surface area contributed by atoms with Gasteiger partial charge in [-0.3, -0.25) is 9.80 Å². The lowest BCUT2D eigenvalue weighted by Gasteiger charge is -2.24. The van der Waals surface area contributed by atoms with Gasteiger partial charge in [-0.05, 0) is 42.7 Å². The second-order valence-corrected chi connectivity index (χ2v) is 8.40. The van der Waals surface area contributed by atoms with Gasteiger partial charge in [-0.25, -0.2) is 0 Å². The Labute approximate surface area is 183 Å². The second-order valence-electron chi connectivity index (χ2n) is 8.00. The Kier molecular flexibility index (Phi) is 6.58. The van der Waals surface area contributed by atoms with Gasteiger partial charge in [0.15, 0.2) is 0 Å². The van der Waals surface area contributed by atoms with E-state index in [2.05, 4.69) is 5.32 Å². The Balaban J connectivity index is 1.59. The van der Waals surface area contributed by atoms with Gasteiger partial charge in [-0.1, -0.05) is 61.5 Å². The summed E-state index contributed by atoms with van der Waals surface area (Å²) in [7, 11) is 1.65. The molecule has 1 unspecified atom stereocenters.